The molecule has 1 aromatic rings. The standard InChI is InChI=1S/C12H12BrNO2S/c1-8(15)17-11-6-14(7-11)12(16)9-2-4-10(13)5-3-9/h2-5,11H,6-7H2,1H3. The molecule has 0 N–H and O–H groups in total. The summed E-state index contributed by atoms with van der Waals surface area (Å²) in [5.74, 6) is 0.0397. The average molecular weight is 314 g/mol. The first-order valence-corrected chi connectivity index (χ1v) is 6.95. The van der Waals surface area contributed by atoms with Gasteiger partial charge in [-0.2, -0.15) is 0 Å². The zero-order valence-electron chi connectivity index (χ0n) is 9.35. The summed E-state index contributed by atoms with van der Waals surface area (Å²) in [7, 11) is 0. The van der Waals surface area contributed by atoms with Crippen molar-refractivity contribution in [1.29, 1.82) is 0 Å². The molecule has 0 atom stereocenters. The van der Waals surface area contributed by atoms with Gasteiger partial charge < -0.3 is 4.90 Å². The van der Waals surface area contributed by atoms with E-state index < -0.39 is 0 Å². The van der Waals surface area contributed by atoms with Gasteiger partial charge in [0, 0.05) is 35.3 Å². The van der Waals surface area contributed by atoms with Crippen molar-refractivity contribution >= 4 is 38.7 Å². The topological polar surface area (TPSA) is 37.4 Å². The molecule has 0 spiro atoms. The Kier molecular flexibility index (Phi) is 3.89. The van der Waals surface area contributed by atoms with Crippen LogP contribution >= 0.6 is 27.7 Å². The van der Waals surface area contributed by atoms with Gasteiger partial charge in [-0.15, -0.1) is 0 Å². The molecule has 1 amide bonds. The van der Waals surface area contributed by atoms with E-state index >= 15 is 0 Å². The molecule has 1 heterocycles. The zero-order valence-corrected chi connectivity index (χ0v) is 11.8. The van der Waals surface area contributed by atoms with Crippen LogP contribution in [0.25, 0.3) is 0 Å². The van der Waals surface area contributed by atoms with Crippen molar-refractivity contribution in [3.8, 4) is 0 Å². The Bertz CT molecular complexity index is 440. The summed E-state index contributed by atoms with van der Waals surface area (Å²) in [4.78, 5) is 24.6. The van der Waals surface area contributed by atoms with E-state index in [0.717, 1.165) is 4.47 Å². The molecule has 90 valence electrons. The molecule has 17 heavy (non-hydrogen) atoms. The summed E-state index contributed by atoms with van der Waals surface area (Å²) in [6.07, 6.45) is 0. The highest BCUT2D eigenvalue weighted by Crippen LogP contribution is 2.24. The van der Waals surface area contributed by atoms with E-state index in [1.807, 2.05) is 12.1 Å². The molecule has 0 radical (unpaired) electrons. The maximum absolute atomic E-state index is 12.0. The smallest absolute Gasteiger partial charge is 0.253 e. The van der Waals surface area contributed by atoms with Gasteiger partial charge in [0.05, 0.1) is 0 Å². The second-order valence-corrected chi connectivity index (χ2v) is 6.34. The van der Waals surface area contributed by atoms with Gasteiger partial charge in [-0.3, -0.25) is 9.59 Å². The van der Waals surface area contributed by atoms with Gasteiger partial charge in [0.1, 0.15) is 0 Å². The average Bonchev–Trinajstić information content (AvgIpc) is 2.23. The van der Waals surface area contributed by atoms with Crippen molar-refractivity contribution in [3.05, 3.63) is 34.3 Å². The maximum Gasteiger partial charge on any atom is 0.253 e. The number of halogens is 1. The summed E-state index contributed by atoms with van der Waals surface area (Å²) in [6.45, 7) is 2.89. The number of thioether (sulfide) groups is 1. The molecular weight excluding hydrogens is 302 g/mol. The molecule has 1 aliphatic rings. The summed E-state index contributed by atoms with van der Waals surface area (Å²) in [5.41, 5.74) is 0.694. The van der Waals surface area contributed by atoms with Crippen LogP contribution in [0.15, 0.2) is 28.7 Å². The number of hydrogen-bond acceptors (Lipinski definition) is 3. The van der Waals surface area contributed by atoms with Gasteiger partial charge in [0.15, 0.2) is 5.12 Å². The molecule has 1 saturated heterocycles. The Morgan fingerprint density at radius 2 is 1.88 bits per heavy atom. The fourth-order valence-corrected chi connectivity index (χ4v) is 2.93. The summed E-state index contributed by atoms with van der Waals surface area (Å²) < 4.78 is 0.961. The lowest BCUT2D eigenvalue weighted by Gasteiger charge is -2.38. The van der Waals surface area contributed by atoms with E-state index in [2.05, 4.69) is 15.9 Å². The lowest BCUT2D eigenvalue weighted by Crippen LogP contribution is -2.52. The molecule has 0 bridgehead atoms. The molecule has 3 nitrogen and oxygen atoms in total. The number of rotatable bonds is 2. The molecule has 0 saturated carbocycles. The van der Waals surface area contributed by atoms with Crippen molar-refractivity contribution in [1.82, 2.24) is 4.90 Å². The number of hydrogen-bond donors (Lipinski definition) is 0. The maximum atomic E-state index is 12.0. The van der Waals surface area contributed by atoms with Crippen LogP contribution in [0.1, 0.15) is 17.3 Å². The van der Waals surface area contributed by atoms with Crippen LogP contribution in [-0.4, -0.2) is 34.3 Å². The van der Waals surface area contributed by atoms with E-state index in [4.69, 9.17) is 0 Å². The van der Waals surface area contributed by atoms with Crippen molar-refractivity contribution in [2.24, 2.45) is 0 Å². The number of likely N-dealkylation sites (tertiary alicyclic amines) is 1. The highest BCUT2D eigenvalue weighted by molar-refractivity contribution is 9.10. The summed E-state index contributed by atoms with van der Waals surface area (Å²) in [6, 6.07) is 7.32. The Balaban J connectivity index is 1.91. The Hall–Kier alpha value is -0.810. The minimum Gasteiger partial charge on any atom is -0.336 e. The van der Waals surface area contributed by atoms with E-state index in [-0.39, 0.29) is 16.3 Å². The second kappa shape index (κ2) is 5.23. The second-order valence-electron chi connectivity index (χ2n) is 3.95. The Labute approximate surface area is 113 Å². The van der Waals surface area contributed by atoms with Crippen molar-refractivity contribution in [2.45, 2.75) is 12.2 Å². The van der Waals surface area contributed by atoms with Gasteiger partial charge >= 0.3 is 0 Å². The minimum atomic E-state index is 0.0397. The molecule has 1 aliphatic heterocycles. The van der Waals surface area contributed by atoms with Crippen molar-refractivity contribution < 1.29 is 9.59 Å². The quantitative estimate of drug-likeness (QED) is 0.842. The first-order chi connectivity index (χ1) is 8.06. The van der Waals surface area contributed by atoms with Crippen molar-refractivity contribution in [2.75, 3.05) is 13.1 Å². The third-order valence-corrected chi connectivity index (χ3v) is 4.05. The van der Waals surface area contributed by atoms with Gasteiger partial charge in [-0.05, 0) is 24.3 Å². The van der Waals surface area contributed by atoms with Crippen LogP contribution in [0.4, 0.5) is 0 Å². The normalized spacial score (nSPS) is 15.5. The van der Waals surface area contributed by atoms with Gasteiger partial charge in [0.25, 0.3) is 5.91 Å². The highest BCUT2D eigenvalue weighted by atomic mass is 79.9. The van der Waals surface area contributed by atoms with E-state index in [1.54, 1.807) is 24.0 Å². The first kappa shape index (κ1) is 12.6. The minimum absolute atomic E-state index is 0.0397. The van der Waals surface area contributed by atoms with Crippen LogP contribution in [0.5, 0.6) is 0 Å². The third-order valence-electron chi connectivity index (χ3n) is 2.56. The fourth-order valence-electron chi connectivity index (χ4n) is 1.69. The molecule has 2 rings (SSSR count). The predicted molar refractivity (Wildman–Crippen MR) is 72.1 cm³/mol. The SMILES string of the molecule is CC(=O)SC1CN(C(=O)c2ccc(Br)cc2)C1. The van der Waals surface area contributed by atoms with E-state index in [1.165, 1.54) is 11.8 Å². The number of carbonyl (C=O) groups is 2. The monoisotopic (exact) mass is 313 g/mol. The zero-order chi connectivity index (χ0) is 12.4. The first-order valence-electron chi connectivity index (χ1n) is 5.28. The van der Waals surface area contributed by atoms with Crippen molar-refractivity contribution in [3.63, 3.8) is 0 Å². The number of carbonyl (C=O) groups excluding carboxylic acids is 2. The molecule has 0 aliphatic carbocycles. The lowest BCUT2D eigenvalue weighted by atomic mass is 10.1. The Morgan fingerprint density at radius 3 is 2.41 bits per heavy atom. The van der Waals surface area contributed by atoms with Gasteiger partial charge in [-0.1, -0.05) is 27.7 Å². The highest BCUT2D eigenvalue weighted by Gasteiger charge is 2.32. The number of benzene rings is 1. The third kappa shape index (κ3) is 3.10. The molecule has 5 heteroatoms. The summed E-state index contributed by atoms with van der Waals surface area (Å²) >= 11 is 4.65. The molecule has 0 unspecified atom stereocenters. The molecule has 1 aromatic carbocycles. The van der Waals surface area contributed by atoms with E-state index in [9.17, 15) is 9.59 Å². The Morgan fingerprint density at radius 1 is 1.29 bits per heavy atom. The molecule has 1 fully saturated rings. The fraction of sp³-hybridized carbons (Fsp3) is 0.333. The van der Waals surface area contributed by atoms with Gasteiger partial charge in [0.2, 0.25) is 0 Å². The largest absolute Gasteiger partial charge is 0.336 e. The van der Waals surface area contributed by atoms with Crippen LogP contribution in [-0.2, 0) is 4.79 Å². The van der Waals surface area contributed by atoms with Gasteiger partial charge in [-0.25, -0.2) is 0 Å². The summed E-state index contributed by atoms with van der Waals surface area (Å²) in [5, 5.41) is 0.387. The van der Waals surface area contributed by atoms with Crippen LogP contribution < -0.4 is 0 Å². The van der Waals surface area contributed by atoms with E-state index in [0.29, 0.717) is 18.7 Å². The lowest BCUT2D eigenvalue weighted by molar-refractivity contribution is -0.109. The van der Waals surface area contributed by atoms with Crippen LogP contribution in [0.3, 0.4) is 0 Å². The predicted octanol–water partition coefficient (Wildman–Crippen LogP) is 2.55. The van der Waals surface area contributed by atoms with Crippen LogP contribution in [0, 0.1) is 0 Å². The molecule has 0 aromatic heterocycles. The molecular formula is C12H12BrNO2S. The number of nitrogens with zero attached hydrogens (tertiary/aromatic N) is 1. The van der Waals surface area contributed by atoms with Crippen LogP contribution in [0.2, 0.25) is 0 Å². The number of amides is 1.